The van der Waals surface area contributed by atoms with Crippen molar-refractivity contribution >= 4 is 5.91 Å². The molecule has 1 amide bonds. The van der Waals surface area contributed by atoms with Gasteiger partial charge in [0.2, 0.25) is 0 Å². The minimum Gasteiger partial charge on any atom is -0.507 e. The molecule has 1 saturated heterocycles. The monoisotopic (exact) mass is 370 g/mol. The highest BCUT2D eigenvalue weighted by Gasteiger charge is 2.64. The zero-order valence-corrected chi connectivity index (χ0v) is 15.9. The van der Waals surface area contributed by atoms with E-state index in [9.17, 15) is 15.0 Å². The van der Waals surface area contributed by atoms with Gasteiger partial charge >= 0.3 is 0 Å². The van der Waals surface area contributed by atoms with Gasteiger partial charge in [-0.1, -0.05) is 25.3 Å². The number of aromatic hydroxyl groups is 1. The van der Waals surface area contributed by atoms with Crippen LogP contribution in [0.15, 0.2) is 12.1 Å². The molecule has 1 aliphatic heterocycles. The molecule has 3 fully saturated rings. The molecule has 3 aliphatic carbocycles. The van der Waals surface area contributed by atoms with E-state index in [0.717, 1.165) is 68.7 Å². The van der Waals surface area contributed by atoms with Gasteiger partial charge in [-0.3, -0.25) is 9.69 Å². The molecule has 1 heterocycles. The number of rotatable bonds is 3. The summed E-state index contributed by atoms with van der Waals surface area (Å²) in [6.45, 7) is 2.05. The molecule has 5 rings (SSSR count). The fourth-order valence-electron chi connectivity index (χ4n) is 6.63. The third-order valence-electron chi connectivity index (χ3n) is 8.20. The van der Waals surface area contributed by atoms with Crippen molar-refractivity contribution in [3.63, 3.8) is 0 Å². The van der Waals surface area contributed by atoms with Gasteiger partial charge in [0.1, 0.15) is 5.75 Å². The molecule has 3 atom stereocenters. The first kappa shape index (κ1) is 17.5. The Hall–Kier alpha value is -1.59. The maximum atomic E-state index is 12.1. The standard InChI is InChI=1S/C22H30N2O3/c23-20(26)16-7-6-15-12-17-22(27)9-2-1-8-21(22,18(15)19(16)25)10-11-24(17)13-14-4-3-5-14/h6-7,14,17,25,27H,1-5,8-13H2,(H2,23,26)/t17?,21-,22?/m0/s1. The molecule has 146 valence electrons. The summed E-state index contributed by atoms with van der Waals surface area (Å²) in [5.41, 5.74) is 6.33. The van der Waals surface area contributed by atoms with Gasteiger partial charge in [-0.2, -0.15) is 0 Å². The molecule has 2 saturated carbocycles. The Balaban J connectivity index is 1.64. The minimum atomic E-state index is -0.825. The molecule has 4 aliphatic rings. The fourth-order valence-corrected chi connectivity index (χ4v) is 6.63. The summed E-state index contributed by atoms with van der Waals surface area (Å²) >= 11 is 0. The molecule has 1 aromatic rings. The van der Waals surface area contributed by atoms with Crippen LogP contribution in [0.2, 0.25) is 0 Å². The van der Waals surface area contributed by atoms with Crippen LogP contribution in [0.25, 0.3) is 0 Å². The van der Waals surface area contributed by atoms with E-state index in [-0.39, 0.29) is 17.4 Å². The summed E-state index contributed by atoms with van der Waals surface area (Å²) in [6.07, 6.45) is 9.28. The molecule has 5 heteroatoms. The Morgan fingerprint density at radius 2 is 1.96 bits per heavy atom. The average molecular weight is 370 g/mol. The van der Waals surface area contributed by atoms with Crippen LogP contribution in [0.5, 0.6) is 5.75 Å². The van der Waals surface area contributed by atoms with E-state index in [1.54, 1.807) is 6.07 Å². The van der Waals surface area contributed by atoms with Gasteiger partial charge in [0, 0.05) is 23.6 Å². The second kappa shape index (κ2) is 5.95. The largest absolute Gasteiger partial charge is 0.507 e. The van der Waals surface area contributed by atoms with E-state index in [4.69, 9.17) is 5.73 Å². The van der Waals surface area contributed by atoms with Crippen molar-refractivity contribution in [1.82, 2.24) is 4.90 Å². The van der Waals surface area contributed by atoms with Gasteiger partial charge in [0.15, 0.2) is 0 Å². The lowest BCUT2D eigenvalue weighted by Crippen LogP contribution is -2.72. The Morgan fingerprint density at radius 1 is 1.19 bits per heavy atom. The molecule has 4 N–H and O–H groups in total. The molecule has 0 aromatic heterocycles. The highest BCUT2D eigenvalue weighted by molar-refractivity contribution is 5.96. The van der Waals surface area contributed by atoms with E-state index in [1.807, 2.05) is 6.07 Å². The van der Waals surface area contributed by atoms with Crippen molar-refractivity contribution in [2.24, 2.45) is 11.7 Å². The second-order valence-corrected chi connectivity index (χ2v) is 9.34. The maximum absolute atomic E-state index is 12.1. The van der Waals surface area contributed by atoms with Crippen molar-refractivity contribution in [2.45, 2.75) is 74.8 Å². The number of hydrogen-bond donors (Lipinski definition) is 3. The lowest BCUT2D eigenvalue weighted by atomic mass is 9.49. The lowest BCUT2D eigenvalue weighted by molar-refractivity contribution is -0.169. The zero-order chi connectivity index (χ0) is 18.8. The zero-order valence-electron chi connectivity index (χ0n) is 15.9. The minimum absolute atomic E-state index is 0.0196. The highest BCUT2D eigenvalue weighted by Crippen LogP contribution is 2.60. The number of fused-ring (bicyclic) bond motifs is 1. The predicted molar refractivity (Wildman–Crippen MR) is 103 cm³/mol. The number of piperidine rings is 1. The number of nitrogens with zero attached hydrogens (tertiary/aromatic N) is 1. The third-order valence-corrected chi connectivity index (χ3v) is 8.20. The summed E-state index contributed by atoms with van der Waals surface area (Å²) in [4.78, 5) is 14.4. The van der Waals surface area contributed by atoms with Gasteiger partial charge < -0.3 is 15.9 Å². The van der Waals surface area contributed by atoms with Crippen LogP contribution >= 0.6 is 0 Å². The number of amides is 1. The number of carbonyl (C=O) groups is 1. The quantitative estimate of drug-likeness (QED) is 0.763. The topological polar surface area (TPSA) is 86.8 Å². The van der Waals surface area contributed by atoms with Crippen molar-refractivity contribution in [1.29, 1.82) is 0 Å². The van der Waals surface area contributed by atoms with Crippen LogP contribution in [0.1, 0.15) is 72.9 Å². The number of hydrogen-bond acceptors (Lipinski definition) is 4. The molecular weight excluding hydrogens is 340 g/mol. The van der Waals surface area contributed by atoms with Crippen LogP contribution in [0.3, 0.4) is 0 Å². The molecule has 27 heavy (non-hydrogen) atoms. The van der Waals surface area contributed by atoms with E-state index in [0.29, 0.717) is 0 Å². The van der Waals surface area contributed by atoms with Crippen molar-refractivity contribution in [3.05, 3.63) is 28.8 Å². The molecule has 0 spiro atoms. The van der Waals surface area contributed by atoms with E-state index < -0.39 is 16.9 Å². The molecule has 5 nitrogen and oxygen atoms in total. The number of likely N-dealkylation sites (tertiary alicyclic amines) is 1. The van der Waals surface area contributed by atoms with Crippen molar-refractivity contribution in [3.8, 4) is 5.75 Å². The smallest absolute Gasteiger partial charge is 0.252 e. The Morgan fingerprint density at radius 3 is 2.67 bits per heavy atom. The first-order valence-electron chi connectivity index (χ1n) is 10.6. The van der Waals surface area contributed by atoms with Crippen LogP contribution in [0, 0.1) is 5.92 Å². The summed E-state index contributed by atoms with van der Waals surface area (Å²) in [7, 11) is 0. The first-order valence-corrected chi connectivity index (χ1v) is 10.6. The SMILES string of the molecule is NC(=O)c1ccc2c(c1O)[C@@]13CCCCC1(O)C(C2)N(CC1CCC1)CC3. The predicted octanol–water partition coefficient (Wildman–Crippen LogP) is 2.46. The van der Waals surface area contributed by atoms with Crippen LogP contribution in [0.4, 0.5) is 0 Å². The molecule has 0 radical (unpaired) electrons. The van der Waals surface area contributed by atoms with Crippen molar-refractivity contribution in [2.75, 3.05) is 13.1 Å². The van der Waals surface area contributed by atoms with E-state index >= 15 is 0 Å². The molecule has 1 aromatic carbocycles. The lowest BCUT2D eigenvalue weighted by Gasteiger charge is -2.64. The highest BCUT2D eigenvalue weighted by atomic mass is 16.3. The Kier molecular flexibility index (Phi) is 3.86. The fraction of sp³-hybridized carbons (Fsp3) is 0.682. The first-order chi connectivity index (χ1) is 13.0. The normalized spacial score (nSPS) is 35.8. The van der Waals surface area contributed by atoms with Gasteiger partial charge in [-0.25, -0.2) is 0 Å². The van der Waals surface area contributed by atoms with Gasteiger partial charge in [0.05, 0.1) is 11.2 Å². The number of aliphatic hydroxyl groups is 1. The van der Waals surface area contributed by atoms with Gasteiger partial charge in [-0.05, 0) is 62.6 Å². The Bertz CT molecular complexity index is 790. The summed E-state index contributed by atoms with van der Waals surface area (Å²) in [5.74, 6) is 0.193. The number of nitrogens with two attached hydrogens (primary N) is 1. The molecule has 2 unspecified atom stereocenters. The van der Waals surface area contributed by atoms with Crippen LogP contribution < -0.4 is 5.73 Å². The average Bonchev–Trinajstić information content (AvgIpc) is 2.58. The summed E-state index contributed by atoms with van der Waals surface area (Å²) < 4.78 is 0. The van der Waals surface area contributed by atoms with E-state index in [2.05, 4.69) is 4.90 Å². The van der Waals surface area contributed by atoms with Gasteiger partial charge in [-0.15, -0.1) is 0 Å². The number of benzene rings is 1. The molecular formula is C22H30N2O3. The van der Waals surface area contributed by atoms with E-state index in [1.165, 1.54) is 19.3 Å². The Labute approximate surface area is 160 Å². The van der Waals surface area contributed by atoms with Crippen LogP contribution in [-0.4, -0.2) is 45.8 Å². The second-order valence-electron chi connectivity index (χ2n) is 9.34. The van der Waals surface area contributed by atoms with Crippen molar-refractivity contribution < 1.29 is 15.0 Å². The maximum Gasteiger partial charge on any atom is 0.252 e. The third kappa shape index (κ3) is 2.27. The molecule has 2 bridgehead atoms. The summed E-state index contributed by atoms with van der Waals surface area (Å²) in [6, 6.07) is 3.73. The summed E-state index contributed by atoms with van der Waals surface area (Å²) in [5, 5.41) is 23.1. The number of phenols is 1. The van der Waals surface area contributed by atoms with Crippen LogP contribution in [-0.2, 0) is 11.8 Å². The number of primary amides is 1. The van der Waals surface area contributed by atoms with Gasteiger partial charge in [0.25, 0.3) is 5.91 Å². The number of carbonyl (C=O) groups excluding carboxylic acids is 1.